The Balaban J connectivity index is 1.83. The number of carbonyl (C=O) groups excluding carboxylic acids is 1. The number of benzene rings is 1. The molecule has 0 radical (unpaired) electrons. The highest BCUT2D eigenvalue weighted by molar-refractivity contribution is 5.81. The molecule has 0 saturated carbocycles. The molecule has 0 aromatic heterocycles. The van der Waals surface area contributed by atoms with Crippen molar-refractivity contribution >= 4 is 11.9 Å². The van der Waals surface area contributed by atoms with Gasteiger partial charge in [-0.15, -0.1) is 0 Å². The zero-order valence-electron chi connectivity index (χ0n) is 19.3. The second kappa shape index (κ2) is 12.4. The van der Waals surface area contributed by atoms with E-state index in [9.17, 15) is 4.79 Å². The molecule has 1 saturated heterocycles. The first-order chi connectivity index (χ1) is 14.4. The van der Waals surface area contributed by atoms with Gasteiger partial charge < -0.3 is 25.2 Å². The topological polar surface area (TPSA) is 69.2 Å². The van der Waals surface area contributed by atoms with E-state index in [-0.39, 0.29) is 17.9 Å². The largest absolute Gasteiger partial charge is 0.494 e. The fourth-order valence-corrected chi connectivity index (χ4v) is 3.39. The maximum atomic E-state index is 12.2. The lowest BCUT2D eigenvalue weighted by Crippen LogP contribution is -2.45. The normalized spacial score (nSPS) is 17.0. The summed E-state index contributed by atoms with van der Waals surface area (Å²) in [7, 11) is 4.14. The lowest BCUT2D eigenvalue weighted by atomic mass is 10.2. The molecule has 30 heavy (non-hydrogen) atoms. The summed E-state index contributed by atoms with van der Waals surface area (Å²) >= 11 is 0. The molecule has 0 spiro atoms. The monoisotopic (exact) mass is 417 g/mol. The van der Waals surface area contributed by atoms with E-state index in [1.165, 1.54) is 0 Å². The molecule has 168 valence electrons. The SMILES string of the molecule is CCNC(=NCc1ccc(OCCCN(C)C)cc1)NC1CCN(C(=O)C(C)C)C1. The van der Waals surface area contributed by atoms with Crippen LogP contribution in [0.25, 0.3) is 0 Å². The highest BCUT2D eigenvalue weighted by atomic mass is 16.5. The van der Waals surface area contributed by atoms with Gasteiger partial charge in [-0.3, -0.25) is 4.79 Å². The predicted molar refractivity (Wildman–Crippen MR) is 123 cm³/mol. The second-order valence-corrected chi connectivity index (χ2v) is 8.41. The first-order valence-electron chi connectivity index (χ1n) is 11.1. The minimum atomic E-state index is 0.0468. The van der Waals surface area contributed by atoms with Gasteiger partial charge in [0.1, 0.15) is 5.75 Å². The molecule has 1 aliphatic heterocycles. The van der Waals surface area contributed by atoms with Gasteiger partial charge in [-0.25, -0.2) is 4.99 Å². The maximum Gasteiger partial charge on any atom is 0.225 e. The highest BCUT2D eigenvalue weighted by Gasteiger charge is 2.27. The van der Waals surface area contributed by atoms with Gasteiger partial charge in [0.25, 0.3) is 0 Å². The fraction of sp³-hybridized carbons (Fsp3) is 0.652. The first-order valence-corrected chi connectivity index (χ1v) is 11.1. The molecule has 1 aromatic rings. The van der Waals surface area contributed by atoms with Gasteiger partial charge in [-0.2, -0.15) is 0 Å². The Kier molecular flexibility index (Phi) is 9.94. The summed E-state index contributed by atoms with van der Waals surface area (Å²) in [6.07, 6.45) is 1.96. The summed E-state index contributed by atoms with van der Waals surface area (Å²) < 4.78 is 5.79. The summed E-state index contributed by atoms with van der Waals surface area (Å²) in [5.74, 6) is 1.97. The summed E-state index contributed by atoms with van der Waals surface area (Å²) in [4.78, 5) is 21.0. The molecule has 1 atom stereocenters. The van der Waals surface area contributed by atoms with Crippen molar-refractivity contribution < 1.29 is 9.53 Å². The standard InChI is InChI=1S/C23H39N5O2/c1-6-24-23(26-20-12-14-28(17-20)22(29)18(2)3)25-16-19-8-10-21(11-9-19)30-15-7-13-27(4)5/h8-11,18,20H,6-7,12-17H2,1-5H3,(H2,24,25,26). The Bertz CT molecular complexity index is 673. The molecule has 2 rings (SSSR count). The number of nitrogens with one attached hydrogen (secondary N) is 2. The van der Waals surface area contributed by atoms with E-state index in [2.05, 4.69) is 48.7 Å². The second-order valence-electron chi connectivity index (χ2n) is 8.41. The van der Waals surface area contributed by atoms with Crippen molar-refractivity contribution in [1.29, 1.82) is 0 Å². The number of carbonyl (C=O) groups is 1. The third kappa shape index (κ3) is 8.22. The average molecular weight is 418 g/mol. The van der Waals surface area contributed by atoms with Gasteiger partial charge in [0, 0.05) is 38.1 Å². The van der Waals surface area contributed by atoms with Crippen LogP contribution in [0.1, 0.15) is 39.2 Å². The minimum Gasteiger partial charge on any atom is -0.494 e. The van der Waals surface area contributed by atoms with E-state index in [1.54, 1.807) is 0 Å². The molecule has 2 N–H and O–H groups in total. The van der Waals surface area contributed by atoms with Crippen LogP contribution in [0.5, 0.6) is 5.75 Å². The third-order valence-corrected chi connectivity index (χ3v) is 5.04. The summed E-state index contributed by atoms with van der Waals surface area (Å²) in [6, 6.07) is 8.38. The van der Waals surface area contributed by atoms with E-state index in [0.717, 1.165) is 62.9 Å². The van der Waals surface area contributed by atoms with Crippen LogP contribution < -0.4 is 15.4 Å². The number of hydrogen-bond acceptors (Lipinski definition) is 4. The van der Waals surface area contributed by atoms with Crippen LogP contribution in [0.4, 0.5) is 0 Å². The van der Waals surface area contributed by atoms with Gasteiger partial charge in [-0.05, 0) is 51.6 Å². The zero-order chi connectivity index (χ0) is 21.9. The van der Waals surface area contributed by atoms with Crippen molar-refractivity contribution in [2.24, 2.45) is 10.9 Å². The molecule has 1 aliphatic rings. The number of ether oxygens (including phenoxy) is 1. The number of guanidine groups is 1. The molecular formula is C23H39N5O2. The zero-order valence-corrected chi connectivity index (χ0v) is 19.3. The molecule has 1 heterocycles. The van der Waals surface area contributed by atoms with E-state index < -0.39 is 0 Å². The molecule has 7 nitrogen and oxygen atoms in total. The van der Waals surface area contributed by atoms with Gasteiger partial charge in [-0.1, -0.05) is 26.0 Å². The van der Waals surface area contributed by atoms with Gasteiger partial charge in [0.15, 0.2) is 5.96 Å². The molecule has 7 heteroatoms. The summed E-state index contributed by atoms with van der Waals surface area (Å²) in [5.41, 5.74) is 1.14. The van der Waals surface area contributed by atoms with Crippen LogP contribution in [0.15, 0.2) is 29.3 Å². The van der Waals surface area contributed by atoms with E-state index in [0.29, 0.717) is 6.54 Å². The molecule has 0 aliphatic carbocycles. The highest BCUT2D eigenvalue weighted by Crippen LogP contribution is 2.14. The third-order valence-electron chi connectivity index (χ3n) is 5.04. The van der Waals surface area contributed by atoms with Crippen molar-refractivity contribution in [3.8, 4) is 5.75 Å². The molecule has 1 aromatic carbocycles. The fourth-order valence-electron chi connectivity index (χ4n) is 3.39. The Labute approximate surface area is 181 Å². The quantitative estimate of drug-likeness (QED) is 0.347. The Morgan fingerprint density at radius 1 is 1.30 bits per heavy atom. The number of likely N-dealkylation sites (tertiary alicyclic amines) is 1. The van der Waals surface area contributed by atoms with Gasteiger partial charge in [0.05, 0.1) is 13.2 Å². The van der Waals surface area contributed by atoms with Gasteiger partial charge in [0.2, 0.25) is 5.91 Å². The van der Waals surface area contributed by atoms with Crippen LogP contribution in [-0.4, -0.2) is 74.6 Å². The van der Waals surface area contributed by atoms with E-state index in [1.807, 2.05) is 30.9 Å². The van der Waals surface area contributed by atoms with Crippen molar-refractivity contribution in [3.63, 3.8) is 0 Å². The Morgan fingerprint density at radius 2 is 2.03 bits per heavy atom. The van der Waals surface area contributed by atoms with Crippen LogP contribution in [0.3, 0.4) is 0 Å². The molecular weight excluding hydrogens is 378 g/mol. The number of rotatable bonds is 10. The predicted octanol–water partition coefficient (Wildman–Crippen LogP) is 2.33. The molecule has 0 bridgehead atoms. The molecule has 1 fully saturated rings. The van der Waals surface area contributed by atoms with Crippen LogP contribution >= 0.6 is 0 Å². The average Bonchev–Trinajstić information content (AvgIpc) is 3.18. The molecule has 1 unspecified atom stereocenters. The Morgan fingerprint density at radius 3 is 2.67 bits per heavy atom. The first kappa shape index (κ1) is 24.0. The van der Waals surface area contributed by atoms with Crippen LogP contribution in [0, 0.1) is 5.92 Å². The smallest absolute Gasteiger partial charge is 0.225 e. The lowest BCUT2D eigenvalue weighted by Gasteiger charge is -2.20. The minimum absolute atomic E-state index is 0.0468. The van der Waals surface area contributed by atoms with Crippen LogP contribution in [0.2, 0.25) is 0 Å². The van der Waals surface area contributed by atoms with E-state index >= 15 is 0 Å². The number of aliphatic imine (C=N–C) groups is 1. The van der Waals surface area contributed by atoms with Crippen molar-refractivity contribution in [1.82, 2.24) is 20.4 Å². The van der Waals surface area contributed by atoms with Crippen LogP contribution in [-0.2, 0) is 11.3 Å². The lowest BCUT2D eigenvalue weighted by molar-refractivity contribution is -0.133. The summed E-state index contributed by atoms with van der Waals surface area (Å²) in [5, 5.41) is 6.79. The van der Waals surface area contributed by atoms with Crippen molar-refractivity contribution in [3.05, 3.63) is 29.8 Å². The number of amides is 1. The maximum absolute atomic E-state index is 12.2. The molecule has 1 amide bonds. The summed E-state index contributed by atoms with van der Waals surface area (Å²) in [6.45, 7) is 10.7. The van der Waals surface area contributed by atoms with E-state index in [4.69, 9.17) is 9.73 Å². The van der Waals surface area contributed by atoms with Crippen molar-refractivity contribution in [2.45, 2.75) is 46.2 Å². The number of nitrogens with zero attached hydrogens (tertiary/aromatic N) is 3. The number of hydrogen-bond donors (Lipinski definition) is 2. The Hall–Kier alpha value is -2.28. The van der Waals surface area contributed by atoms with Crippen molar-refractivity contribution in [2.75, 3.05) is 46.9 Å². The van der Waals surface area contributed by atoms with Gasteiger partial charge >= 0.3 is 0 Å².